The summed E-state index contributed by atoms with van der Waals surface area (Å²) in [7, 11) is 0. The monoisotopic (exact) mass is 267 g/mol. The van der Waals surface area contributed by atoms with Gasteiger partial charge in [-0.05, 0) is 43.4 Å². The normalized spacial score (nSPS) is 14.9. The lowest BCUT2D eigenvalue weighted by Gasteiger charge is -2.16. The van der Waals surface area contributed by atoms with E-state index in [0.717, 1.165) is 41.9 Å². The number of hydrogen-bond acceptors (Lipinski definition) is 3. The molecule has 2 heterocycles. The third kappa shape index (κ3) is 2.69. The van der Waals surface area contributed by atoms with E-state index in [-0.39, 0.29) is 5.91 Å². The lowest BCUT2D eigenvalue weighted by Crippen LogP contribution is -2.15. The van der Waals surface area contributed by atoms with E-state index in [4.69, 9.17) is 0 Å². The molecule has 0 atom stereocenters. The van der Waals surface area contributed by atoms with Gasteiger partial charge in [0, 0.05) is 30.1 Å². The molecule has 3 rings (SSSR count). The molecule has 0 saturated carbocycles. The highest BCUT2D eigenvalue weighted by Crippen LogP contribution is 2.27. The summed E-state index contributed by atoms with van der Waals surface area (Å²) in [6, 6.07) is 6.18. The van der Waals surface area contributed by atoms with Crippen molar-refractivity contribution in [3.05, 3.63) is 42.0 Å². The Morgan fingerprint density at radius 1 is 1.05 bits per heavy atom. The third-order valence-electron chi connectivity index (χ3n) is 3.60. The van der Waals surface area contributed by atoms with Gasteiger partial charge in [0.1, 0.15) is 5.82 Å². The summed E-state index contributed by atoms with van der Waals surface area (Å²) >= 11 is 0. The van der Waals surface area contributed by atoms with Gasteiger partial charge in [0.05, 0.1) is 0 Å². The molecule has 20 heavy (non-hydrogen) atoms. The van der Waals surface area contributed by atoms with Crippen LogP contribution in [-0.4, -0.2) is 15.9 Å². The number of aromatic nitrogens is 2. The summed E-state index contributed by atoms with van der Waals surface area (Å²) < 4.78 is 0. The van der Waals surface area contributed by atoms with Gasteiger partial charge in [-0.2, -0.15) is 0 Å². The lowest BCUT2D eigenvalue weighted by molar-refractivity contribution is -0.116. The van der Waals surface area contributed by atoms with Gasteiger partial charge in [-0.3, -0.25) is 4.79 Å². The third-order valence-corrected chi connectivity index (χ3v) is 3.60. The van der Waals surface area contributed by atoms with E-state index in [1.54, 1.807) is 0 Å². The van der Waals surface area contributed by atoms with E-state index in [1.807, 2.05) is 25.4 Å². The van der Waals surface area contributed by atoms with Crippen LogP contribution in [0.25, 0.3) is 11.1 Å². The highest BCUT2D eigenvalue weighted by molar-refractivity contribution is 5.92. The fourth-order valence-corrected chi connectivity index (χ4v) is 2.45. The summed E-state index contributed by atoms with van der Waals surface area (Å²) in [4.78, 5) is 20.2. The zero-order valence-electron chi connectivity index (χ0n) is 11.5. The Bertz CT molecular complexity index is 635. The van der Waals surface area contributed by atoms with Crippen molar-refractivity contribution < 1.29 is 4.79 Å². The Balaban J connectivity index is 1.98. The Hall–Kier alpha value is -2.23. The summed E-state index contributed by atoms with van der Waals surface area (Å²) in [5, 5.41) is 3.00. The average Bonchev–Trinajstić information content (AvgIpc) is 2.43. The first-order valence-corrected chi connectivity index (χ1v) is 6.94. The number of hydrogen-bond donors (Lipinski definition) is 1. The molecule has 0 aliphatic carbocycles. The highest BCUT2D eigenvalue weighted by atomic mass is 16.1. The maximum atomic E-state index is 11.8. The van der Waals surface area contributed by atoms with Gasteiger partial charge in [0.2, 0.25) is 5.91 Å². The van der Waals surface area contributed by atoms with Crippen LogP contribution in [0.15, 0.2) is 30.6 Å². The van der Waals surface area contributed by atoms with E-state index >= 15 is 0 Å². The number of anilines is 1. The first kappa shape index (κ1) is 12.8. The van der Waals surface area contributed by atoms with Crippen LogP contribution in [-0.2, 0) is 11.2 Å². The minimum Gasteiger partial charge on any atom is -0.326 e. The van der Waals surface area contributed by atoms with E-state index in [1.165, 1.54) is 5.56 Å². The molecule has 1 aromatic carbocycles. The first-order valence-electron chi connectivity index (χ1n) is 6.94. The van der Waals surface area contributed by atoms with Crippen LogP contribution < -0.4 is 5.32 Å². The predicted molar refractivity (Wildman–Crippen MR) is 78.4 cm³/mol. The number of aryl methyl sites for hydroxylation is 2. The fourth-order valence-electron chi connectivity index (χ4n) is 2.45. The number of nitrogens with one attached hydrogen (secondary N) is 1. The van der Waals surface area contributed by atoms with Crippen molar-refractivity contribution in [1.82, 2.24) is 9.97 Å². The number of rotatable bonds is 1. The molecule has 0 spiro atoms. The quantitative estimate of drug-likeness (QED) is 0.863. The second kappa shape index (κ2) is 5.41. The number of nitrogens with zero attached hydrogens (tertiary/aromatic N) is 2. The van der Waals surface area contributed by atoms with Crippen LogP contribution in [0, 0.1) is 6.92 Å². The number of amides is 1. The minimum atomic E-state index is 0.100. The molecular formula is C16H17N3O. The minimum absolute atomic E-state index is 0.100. The molecule has 1 aromatic heterocycles. The van der Waals surface area contributed by atoms with E-state index in [0.29, 0.717) is 6.42 Å². The molecule has 0 radical (unpaired) electrons. The topological polar surface area (TPSA) is 54.9 Å². The first-order chi connectivity index (χ1) is 9.72. The van der Waals surface area contributed by atoms with Gasteiger partial charge in [-0.1, -0.05) is 12.1 Å². The van der Waals surface area contributed by atoms with Crippen molar-refractivity contribution in [2.45, 2.75) is 32.6 Å². The maximum Gasteiger partial charge on any atom is 0.224 e. The van der Waals surface area contributed by atoms with Gasteiger partial charge in [-0.15, -0.1) is 0 Å². The van der Waals surface area contributed by atoms with Crippen molar-refractivity contribution in [2.75, 3.05) is 5.32 Å². The van der Waals surface area contributed by atoms with Crippen LogP contribution in [0.4, 0.5) is 5.69 Å². The van der Waals surface area contributed by atoms with Gasteiger partial charge in [0.25, 0.3) is 0 Å². The number of carbonyl (C=O) groups excluding carboxylic acids is 1. The van der Waals surface area contributed by atoms with Gasteiger partial charge < -0.3 is 5.32 Å². The molecule has 1 amide bonds. The van der Waals surface area contributed by atoms with Crippen LogP contribution in [0.1, 0.15) is 30.7 Å². The van der Waals surface area contributed by atoms with E-state index in [2.05, 4.69) is 27.4 Å². The molecule has 0 unspecified atom stereocenters. The fraction of sp³-hybridized carbons (Fsp3) is 0.312. The molecule has 1 aliphatic rings. The maximum absolute atomic E-state index is 11.8. The van der Waals surface area contributed by atoms with Crippen LogP contribution in [0.3, 0.4) is 0 Å². The molecule has 4 heteroatoms. The second-order valence-corrected chi connectivity index (χ2v) is 5.15. The lowest BCUT2D eigenvalue weighted by atomic mass is 9.98. The molecular weight excluding hydrogens is 250 g/mol. The number of fused-ring (bicyclic) bond motifs is 1. The van der Waals surface area contributed by atoms with Gasteiger partial charge in [-0.25, -0.2) is 9.97 Å². The zero-order chi connectivity index (χ0) is 13.9. The van der Waals surface area contributed by atoms with Crippen LogP contribution >= 0.6 is 0 Å². The van der Waals surface area contributed by atoms with Crippen molar-refractivity contribution in [3.63, 3.8) is 0 Å². The predicted octanol–water partition coefficient (Wildman–Crippen LogP) is 3.12. The van der Waals surface area contributed by atoms with Crippen molar-refractivity contribution >= 4 is 11.6 Å². The Morgan fingerprint density at radius 3 is 2.60 bits per heavy atom. The van der Waals surface area contributed by atoms with Crippen LogP contribution in [0.2, 0.25) is 0 Å². The smallest absolute Gasteiger partial charge is 0.224 e. The molecule has 2 aromatic rings. The molecule has 4 nitrogen and oxygen atoms in total. The van der Waals surface area contributed by atoms with Gasteiger partial charge in [0.15, 0.2) is 0 Å². The summed E-state index contributed by atoms with van der Waals surface area (Å²) in [5.41, 5.74) is 4.13. The van der Waals surface area contributed by atoms with E-state index < -0.39 is 0 Å². The molecule has 1 aliphatic heterocycles. The van der Waals surface area contributed by atoms with Crippen molar-refractivity contribution in [3.8, 4) is 11.1 Å². The summed E-state index contributed by atoms with van der Waals surface area (Å²) in [6.07, 6.45) is 7.27. The standard InChI is InChI=1S/C16H17N3O/c1-11-17-9-14(10-18-11)13-7-6-12-4-2-3-5-16(20)19-15(12)8-13/h6-10H,2-5H2,1H3,(H,19,20). The Morgan fingerprint density at radius 2 is 1.80 bits per heavy atom. The van der Waals surface area contributed by atoms with E-state index in [9.17, 15) is 4.79 Å². The van der Waals surface area contributed by atoms with Crippen molar-refractivity contribution in [2.24, 2.45) is 0 Å². The summed E-state index contributed by atoms with van der Waals surface area (Å²) in [6.45, 7) is 1.87. The largest absolute Gasteiger partial charge is 0.326 e. The molecule has 0 bridgehead atoms. The zero-order valence-corrected chi connectivity index (χ0v) is 11.5. The number of benzene rings is 1. The highest BCUT2D eigenvalue weighted by Gasteiger charge is 2.12. The van der Waals surface area contributed by atoms with Gasteiger partial charge >= 0.3 is 0 Å². The number of carbonyl (C=O) groups is 1. The average molecular weight is 267 g/mol. The summed E-state index contributed by atoms with van der Waals surface area (Å²) in [5.74, 6) is 0.858. The molecule has 102 valence electrons. The molecule has 0 fully saturated rings. The van der Waals surface area contributed by atoms with Crippen LogP contribution in [0.5, 0.6) is 0 Å². The molecule has 1 N–H and O–H groups in total. The Labute approximate surface area is 118 Å². The van der Waals surface area contributed by atoms with Crippen molar-refractivity contribution in [1.29, 1.82) is 0 Å². The Kier molecular flexibility index (Phi) is 3.46. The SMILES string of the molecule is Cc1ncc(-c2ccc3c(c2)NC(=O)CCCC3)cn1. The molecule has 0 saturated heterocycles. The second-order valence-electron chi connectivity index (χ2n) is 5.15.